The van der Waals surface area contributed by atoms with E-state index in [-0.39, 0.29) is 16.6 Å². The van der Waals surface area contributed by atoms with Crippen LogP contribution in [-0.2, 0) is 14.3 Å². The largest absolute Gasteiger partial charge is 0.466 e. The van der Waals surface area contributed by atoms with Crippen LogP contribution >= 0.6 is 15.9 Å². The number of unbranched alkanes of at least 4 members (excludes halogenated alkanes) is 4. The Morgan fingerprint density at radius 3 is 2.70 bits per heavy atom. The molecular formula is C16H25BrO3. The number of ether oxygens (including phenoxy) is 1. The van der Waals surface area contributed by atoms with Crippen LogP contribution in [0.15, 0.2) is 11.6 Å². The number of hydrogen-bond donors (Lipinski definition) is 0. The topological polar surface area (TPSA) is 43.4 Å². The zero-order valence-corrected chi connectivity index (χ0v) is 13.9. The molecule has 0 aromatic heterocycles. The highest BCUT2D eigenvalue weighted by Gasteiger charge is 2.20. The van der Waals surface area contributed by atoms with Crippen LogP contribution in [0.1, 0.15) is 64.7 Å². The van der Waals surface area contributed by atoms with Crippen molar-refractivity contribution in [1.82, 2.24) is 0 Å². The molecule has 1 atom stereocenters. The summed E-state index contributed by atoms with van der Waals surface area (Å²) in [7, 11) is 0. The lowest BCUT2D eigenvalue weighted by molar-refractivity contribution is -0.143. The van der Waals surface area contributed by atoms with Gasteiger partial charge in [-0.05, 0) is 31.3 Å². The van der Waals surface area contributed by atoms with Gasteiger partial charge in [-0.3, -0.25) is 9.59 Å². The molecule has 0 heterocycles. The van der Waals surface area contributed by atoms with Gasteiger partial charge in [0.2, 0.25) is 0 Å². The summed E-state index contributed by atoms with van der Waals surface area (Å²) in [6.45, 7) is 2.63. The number of halogens is 1. The molecule has 1 aliphatic rings. The number of esters is 1. The number of rotatable bonds is 10. The number of carbonyl (C=O) groups excluding carboxylic acids is 2. The molecule has 3 nitrogen and oxygen atoms in total. The van der Waals surface area contributed by atoms with E-state index in [1.54, 1.807) is 0 Å². The van der Waals surface area contributed by atoms with Gasteiger partial charge in [-0.2, -0.15) is 0 Å². The van der Waals surface area contributed by atoms with Crippen molar-refractivity contribution in [2.24, 2.45) is 0 Å². The summed E-state index contributed by atoms with van der Waals surface area (Å²) in [6.07, 6.45) is 10.1. The third-order valence-corrected chi connectivity index (χ3v) is 4.05. The smallest absolute Gasteiger partial charge is 0.305 e. The first-order valence-electron chi connectivity index (χ1n) is 7.67. The quantitative estimate of drug-likeness (QED) is 0.336. The van der Waals surface area contributed by atoms with Gasteiger partial charge in [-0.1, -0.05) is 48.2 Å². The monoisotopic (exact) mass is 344 g/mol. The molecule has 0 spiro atoms. The normalized spacial score (nSPS) is 18.2. The Bertz CT molecular complexity index is 350. The van der Waals surface area contributed by atoms with Crippen molar-refractivity contribution in [3.05, 3.63) is 11.6 Å². The van der Waals surface area contributed by atoms with Crippen LogP contribution in [0.4, 0.5) is 0 Å². The van der Waals surface area contributed by atoms with Crippen molar-refractivity contribution in [3.63, 3.8) is 0 Å². The second-order valence-corrected chi connectivity index (χ2v) is 6.50. The summed E-state index contributed by atoms with van der Waals surface area (Å²) in [4.78, 5) is 23.2. The zero-order valence-electron chi connectivity index (χ0n) is 12.3. The van der Waals surface area contributed by atoms with Crippen molar-refractivity contribution < 1.29 is 14.3 Å². The molecule has 0 saturated carbocycles. The minimum atomic E-state index is -0.0748. The lowest BCUT2D eigenvalue weighted by Crippen LogP contribution is -2.05. The molecule has 0 bridgehead atoms. The minimum Gasteiger partial charge on any atom is -0.466 e. The van der Waals surface area contributed by atoms with Crippen LogP contribution in [0.3, 0.4) is 0 Å². The van der Waals surface area contributed by atoms with E-state index < -0.39 is 0 Å². The van der Waals surface area contributed by atoms with Crippen LogP contribution in [0.2, 0.25) is 0 Å². The van der Waals surface area contributed by atoms with Crippen molar-refractivity contribution in [1.29, 1.82) is 0 Å². The molecule has 0 aromatic carbocycles. The Kier molecular flexibility index (Phi) is 8.83. The van der Waals surface area contributed by atoms with E-state index in [4.69, 9.17) is 4.74 Å². The van der Waals surface area contributed by atoms with Crippen LogP contribution in [0.5, 0.6) is 0 Å². The first-order chi connectivity index (χ1) is 9.63. The van der Waals surface area contributed by atoms with Gasteiger partial charge in [0.15, 0.2) is 5.78 Å². The Morgan fingerprint density at radius 1 is 1.30 bits per heavy atom. The second-order valence-electron chi connectivity index (χ2n) is 5.32. The van der Waals surface area contributed by atoms with Crippen LogP contribution in [0.25, 0.3) is 0 Å². The Labute approximate surface area is 130 Å². The van der Waals surface area contributed by atoms with Crippen molar-refractivity contribution in [2.75, 3.05) is 6.61 Å². The highest BCUT2D eigenvalue weighted by Crippen LogP contribution is 2.25. The molecule has 0 radical (unpaired) electrons. The molecule has 114 valence electrons. The van der Waals surface area contributed by atoms with Gasteiger partial charge in [-0.25, -0.2) is 0 Å². The zero-order chi connectivity index (χ0) is 14.8. The number of Topliss-reactive ketones (excluding diaryl/α,β-unsaturated/α-hetero) is 1. The maximum atomic E-state index is 11.6. The lowest BCUT2D eigenvalue weighted by Gasteiger charge is -2.04. The third kappa shape index (κ3) is 7.22. The Balaban J connectivity index is 1.96. The fourth-order valence-corrected chi connectivity index (χ4v) is 2.86. The van der Waals surface area contributed by atoms with Gasteiger partial charge < -0.3 is 4.74 Å². The average molecular weight is 345 g/mol. The summed E-state index contributed by atoms with van der Waals surface area (Å²) in [5.41, 5.74) is 0.978. The Morgan fingerprint density at radius 2 is 2.05 bits per heavy atom. The molecule has 4 heteroatoms. The number of allylic oxidation sites excluding steroid dienone is 2. The first-order valence-corrected chi connectivity index (χ1v) is 8.58. The molecular weight excluding hydrogens is 320 g/mol. The molecule has 1 rings (SSSR count). The van der Waals surface area contributed by atoms with E-state index in [2.05, 4.69) is 22.9 Å². The Hall–Kier alpha value is -0.640. The fraction of sp³-hybridized carbons (Fsp3) is 0.750. The predicted molar refractivity (Wildman–Crippen MR) is 84.0 cm³/mol. The summed E-state index contributed by atoms with van der Waals surface area (Å²) >= 11 is 3.45. The maximum Gasteiger partial charge on any atom is 0.305 e. The van der Waals surface area contributed by atoms with Crippen LogP contribution < -0.4 is 0 Å². The predicted octanol–water partition coefficient (Wildman–Crippen LogP) is 4.33. The van der Waals surface area contributed by atoms with Crippen LogP contribution in [0, 0.1) is 0 Å². The molecule has 1 aliphatic carbocycles. The van der Waals surface area contributed by atoms with Gasteiger partial charge in [-0.15, -0.1) is 0 Å². The molecule has 0 amide bonds. The van der Waals surface area contributed by atoms with Gasteiger partial charge in [0.05, 0.1) is 6.61 Å². The van der Waals surface area contributed by atoms with Gasteiger partial charge >= 0.3 is 5.97 Å². The molecule has 0 aromatic rings. The molecule has 0 aliphatic heterocycles. The SMILES string of the molecule is CCCCOC(=O)CCCCCCC1=CC(Br)CC1=O. The van der Waals surface area contributed by atoms with E-state index in [0.717, 1.165) is 50.5 Å². The summed E-state index contributed by atoms with van der Waals surface area (Å²) in [6, 6.07) is 0. The summed E-state index contributed by atoms with van der Waals surface area (Å²) in [5.74, 6) is 0.209. The average Bonchev–Trinajstić information content (AvgIpc) is 2.72. The van der Waals surface area contributed by atoms with Crippen molar-refractivity contribution in [2.45, 2.75) is 69.5 Å². The van der Waals surface area contributed by atoms with E-state index in [1.807, 2.05) is 6.08 Å². The number of carbonyl (C=O) groups is 2. The molecule has 20 heavy (non-hydrogen) atoms. The maximum absolute atomic E-state index is 11.6. The van der Waals surface area contributed by atoms with E-state index in [1.165, 1.54) is 0 Å². The lowest BCUT2D eigenvalue weighted by atomic mass is 10.0. The third-order valence-electron chi connectivity index (χ3n) is 3.46. The van der Waals surface area contributed by atoms with Crippen molar-refractivity contribution >= 4 is 27.7 Å². The fourth-order valence-electron chi connectivity index (χ4n) is 2.24. The highest BCUT2D eigenvalue weighted by molar-refractivity contribution is 9.09. The van der Waals surface area contributed by atoms with Gasteiger partial charge in [0.25, 0.3) is 0 Å². The standard InChI is InChI=1S/C16H25BrO3/c1-2-3-10-20-16(19)9-7-5-4-6-8-13-11-14(17)12-15(13)18/h11,14H,2-10,12H2,1H3. The molecule has 1 unspecified atom stereocenters. The van der Waals surface area contributed by atoms with E-state index in [0.29, 0.717) is 19.4 Å². The summed E-state index contributed by atoms with van der Waals surface area (Å²) < 4.78 is 5.10. The van der Waals surface area contributed by atoms with Crippen molar-refractivity contribution in [3.8, 4) is 0 Å². The minimum absolute atomic E-state index is 0.0748. The number of alkyl halides is 1. The molecule has 0 fully saturated rings. The second kappa shape index (κ2) is 10.1. The summed E-state index contributed by atoms with van der Waals surface area (Å²) in [5, 5.41) is 0. The van der Waals surface area contributed by atoms with Gasteiger partial charge in [0.1, 0.15) is 0 Å². The van der Waals surface area contributed by atoms with E-state index in [9.17, 15) is 9.59 Å². The van der Waals surface area contributed by atoms with E-state index >= 15 is 0 Å². The first kappa shape index (κ1) is 17.4. The van der Waals surface area contributed by atoms with Crippen LogP contribution in [-0.4, -0.2) is 23.2 Å². The highest BCUT2D eigenvalue weighted by atomic mass is 79.9. The number of hydrogen-bond acceptors (Lipinski definition) is 3. The van der Waals surface area contributed by atoms with Gasteiger partial charge in [0, 0.05) is 17.7 Å². The number of ketones is 1. The molecule has 0 N–H and O–H groups in total. The molecule has 0 saturated heterocycles.